The van der Waals surface area contributed by atoms with E-state index in [4.69, 9.17) is 9.68 Å². The van der Waals surface area contributed by atoms with Crippen molar-refractivity contribution in [3.05, 3.63) is 0 Å². The van der Waals surface area contributed by atoms with E-state index in [0.717, 1.165) is 32.5 Å². The zero-order valence-corrected chi connectivity index (χ0v) is 19.1. The van der Waals surface area contributed by atoms with Crippen molar-refractivity contribution in [1.82, 2.24) is 20.1 Å². The molecule has 3 rings (SSSR count). The van der Waals surface area contributed by atoms with E-state index >= 15 is 0 Å². The summed E-state index contributed by atoms with van der Waals surface area (Å²) in [6.07, 6.45) is 12.7. The minimum Gasteiger partial charge on any atom is -0.418 e. The first kappa shape index (κ1) is 26.8. The molecule has 2 saturated heterocycles. The number of quaternary nitrogens is 1. The quantitative estimate of drug-likeness (QED) is 0.516. The van der Waals surface area contributed by atoms with Gasteiger partial charge in [-0.2, -0.15) is 10.1 Å². The normalized spacial score (nSPS) is 27.5. The smallest absolute Gasteiger partial charge is 0.418 e. The molecule has 1 N–H and O–H groups in total. The van der Waals surface area contributed by atoms with E-state index in [1.165, 1.54) is 70.9 Å². The third kappa shape index (κ3) is 10.8. The molecular weight excluding hydrogens is 417 g/mol. The van der Waals surface area contributed by atoms with Crippen LogP contribution in [0.3, 0.4) is 0 Å². The molecule has 0 aromatic rings. The van der Waals surface area contributed by atoms with Gasteiger partial charge in [-0.1, -0.05) is 19.3 Å². The predicted molar refractivity (Wildman–Crippen MR) is 112 cm³/mol. The Morgan fingerprint density at radius 1 is 0.677 bits per heavy atom. The van der Waals surface area contributed by atoms with Gasteiger partial charge in [0.15, 0.2) is 0 Å². The van der Waals surface area contributed by atoms with E-state index in [0.29, 0.717) is 6.67 Å². The second kappa shape index (κ2) is 13.9. The van der Waals surface area contributed by atoms with E-state index in [9.17, 15) is 17.3 Å². The Hall–Kier alpha value is -0.495. The maximum absolute atomic E-state index is 9.75. The van der Waals surface area contributed by atoms with Gasteiger partial charge in [-0.05, 0) is 38.5 Å². The van der Waals surface area contributed by atoms with Crippen molar-refractivity contribution < 1.29 is 31.8 Å². The highest BCUT2D eigenvalue weighted by Gasteiger charge is 2.31. The minimum atomic E-state index is -6.00. The Morgan fingerprint density at radius 2 is 1.23 bits per heavy atom. The molecule has 3 aliphatic rings. The van der Waals surface area contributed by atoms with Crippen LogP contribution in [-0.4, -0.2) is 93.8 Å². The molecule has 0 radical (unpaired) electrons. The first-order valence-corrected chi connectivity index (χ1v) is 11.6. The van der Waals surface area contributed by atoms with Crippen LogP contribution in [0.4, 0.5) is 17.3 Å². The van der Waals surface area contributed by atoms with Crippen molar-refractivity contribution in [2.24, 2.45) is 0 Å². The van der Waals surface area contributed by atoms with E-state index in [-0.39, 0.29) is 0 Å². The van der Waals surface area contributed by atoms with Crippen molar-refractivity contribution >= 4 is 7.25 Å². The molecule has 2 aliphatic heterocycles. The molecule has 1 saturated carbocycles. The van der Waals surface area contributed by atoms with Crippen molar-refractivity contribution in [3.8, 4) is 0 Å². The first-order valence-electron chi connectivity index (χ1n) is 11.6. The molecule has 3 fully saturated rings. The molecule has 0 aromatic heterocycles. The van der Waals surface area contributed by atoms with E-state index < -0.39 is 7.25 Å². The van der Waals surface area contributed by atoms with Crippen molar-refractivity contribution in [1.29, 1.82) is 0 Å². The van der Waals surface area contributed by atoms with Gasteiger partial charge in [0.05, 0.1) is 53.2 Å². The molecule has 31 heavy (non-hydrogen) atoms. The Morgan fingerprint density at radius 3 is 1.77 bits per heavy atom. The second-order valence-corrected chi connectivity index (χ2v) is 8.62. The fourth-order valence-electron chi connectivity index (χ4n) is 4.80. The molecular formula is C19H40BF4N5O2. The van der Waals surface area contributed by atoms with Crippen LogP contribution in [0, 0.1) is 0 Å². The minimum absolute atomic E-state index is 0.691. The van der Waals surface area contributed by atoms with Gasteiger partial charge in [-0.3, -0.25) is 9.68 Å². The highest BCUT2D eigenvalue weighted by Crippen LogP contribution is 2.16. The molecule has 1 aliphatic carbocycles. The molecule has 1 atom stereocenters. The van der Waals surface area contributed by atoms with Gasteiger partial charge in [-0.25, -0.2) is 10.0 Å². The largest absolute Gasteiger partial charge is 0.673 e. The van der Waals surface area contributed by atoms with Gasteiger partial charge in [0.25, 0.3) is 0 Å². The van der Waals surface area contributed by atoms with E-state index in [1.807, 2.05) is 15.0 Å². The number of hydrazine groups is 1. The Labute approximate surface area is 184 Å². The monoisotopic (exact) mass is 457 g/mol. The van der Waals surface area contributed by atoms with Gasteiger partial charge in [0.1, 0.15) is 6.67 Å². The van der Waals surface area contributed by atoms with Crippen LogP contribution in [0.2, 0.25) is 0 Å². The fourth-order valence-corrected chi connectivity index (χ4v) is 4.80. The van der Waals surface area contributed by atoms with E-state index in [1.54, 1.807) is 14.2 Å². The average Bonchev–Trinajstić information content (AvgIpc) is 2.67. The summed E-state index contributed by atoms with van der Waals surface area (Å²) in [5.74, 6) is 0. The molecule has 12 heteroatoms. The Kier molecular flexibility index (Phi) is 12.0. The number of nitrogens with zero attached hydrogens (tertiary/aromatic N) is 4. The number of hydrogen-bond acceptors (Lipinski definition) is 6. The zero-order chi connectivity index (χ0) is 22.7. The van der Waals surface area contributed by atoms with Crippen LogP contribution in [0.5, 0.6) is 0 Å². The van der Waals surface area contributed by atoms with E-state index in [2.05, 4.69) is 10.0 Å². The second-order valence-electron chi connectivity index (χ2n) is 8.62. The van der Waals surface area contributed by atoms with Crippen molar-refractivity contribution in [3.63, 3.8) is 0 Å². The molecule has 1 unspecified atom stereocenters. The van der Waals surface area contributed by atoms with Crippen LogP contribution in [0.15, 0.2) is 0 Å². The molecule has 0 amide bonds. The highest BCUT2D eigenvalue weighted by atomic mass is 19.5. The lowest BCUT2D eigenvalue weighted by Crippen LogP contribution is -3.16. The van der Waals surface area contributed by atoms with Crippen LogP contribution in [-0.2, 0) is 9.68 Å². The summed E-state index contributed by atoms with van der Waals surface area (Å²) in [6.45, 7) is 7.24. The number of nitrogens with one attached hydrogen (secondary N) is 1. The molecule has 184 valence electrons. The molecule has 0 aromatic carbocycles. The third-order valence-corrected chi connectivity index (χ3v) is 6.41. The van der Waals surface area contributed by atoms with Crippen LogP contribution >= 0.6 is 0 Å². The number of halogens is 4. The van der Waals surface area contributed by atoms with Gasteiger partial charge < -0.3 is 22.2 Å². The number of hydrogen-bond donors (Lipinski definition) is 1. The lowest BCUT2D eigenvalue weighted by atomic mass is 9.95. The first-order chi connectivity index (χ1) is 14.8. The number of hydroxylamine groups is 4. The number of rotatable bonds is 4. The maximum Gasteiger partial charge on any atom is 0.673 e. The van der Waals surface area contributed by atoms with Crippen molar-refractivity contribution in [2.75, 3.05) is 60.4 Å². The molecule has 2 heterocycles. The van der Waals surface area contributed by atoms with Gasteiger partial charge in [-0.15, -0.1) is 0 Å². The SMILES string of the molecule is CON1CN(OC)CN(N2CCCC[NH+](C3CCCCCCC3)CC2)C1.F[B-](F)(F)F. The predicted octanol–water partition coefficient (Wildman–Crippen LogP) is 2.21. The topological polar surface area (TPSA) is 35.9 Å². The summed E-state index contributed by atoms with van der Waals surface area (Å²) in [7, 11) is -2.52. The highest BCUT2D eigenvalue weighted by molar-refractivity contribution is 6.50. The molecule has 7 nitrogen and oxygen atoms in total. The van der Waals surface area contributed by atoms with Gasteiger partial charge in [0.2, 0.25) is 0 Å². The van der Waals surface area contributed by atoms with Crippen LogP contribution in [0.1, 0.15) is 57.8 Å². The van der Waals surface area contributed by atoms with Gasteiger partial charge >= 0.3 is 7.25 Å². The maximum atomic E-state index is 9.75. The summed E-state index contributed by atoms with van der Waals surface area (Å²) < 4.78 is 39.0. The third-order valence-electron chi connectivity index (χ3n) is 6.41. The summed E-state index contributed by atoms with van der Waals surface area (Å²) in [4.78, 5) is 12.8. The summed E-state index contributed by atoms with van der Waals surface area (Å²) in [5, 5.41) is 8.83. The van der Waals surface area contributed by atoms with Gasteiger partial charge in [0, 0.05) is 6.54 Å². The van der Waals surface area contributed by atoms with Crippen LogP contribution < -0.4 is 4.90 Å². The van der Waals surface area contributed by atoms with Crippen molar-refractivity contribution in [2.45, 2.75) is 63.8 Å². The summed E-state index contributed by atoms with van der Waals surface area (Å²) in [5.41, 5.74) is 0. The molecule has 0 bridgehead atoms. The Balaban J connectivity index is 0.000000614. The fraction of sp³-hybridized carbons (Fsp3) is 1.00. The Bertz CT molecular complexity index is 469. The average molecular weight is 457 g/mol. The molecule has 0 spiro atoms. The zero-order valence-electron chi connectivity index (χ0n) is 19.1. The lowest BCUT2D eigenvalue weighted by Gasteiger charge is -2.45. The van der Waals surface area contributed by atoms with Crippen LogP contribution in [0.25, 0.3) is 0 Å². The standard InChI is InChI=1S/C19H39N5O2.BF4/c1-25-23-16-22(17-24(18-23)26-2)21-13-9-8-12-20(14-15-21)19-10-6-4-3-5-7-11-19;2-1(3,4)5/h19H,3-18H2,1-2H3;/q;-1/p+1. The summed E-state index contributed by atoms with van der Waals surface area (Å²) >= 11 is 0. The summed E-state index contributed by atoms with van der Waals surface area (Å²) in [6, 6.07) is 0.891. The lowest BCUT2D eigenvalue weighted by molar-refractivity contribution is -0.927.